The molecule has 3 rings (SSSR count). The Bertz CT molecular complexity index is 727. The van der Waals surface area contributed by atoms with E-state index in [0.29, 0.717) is 11.5 Å². The fourth-order valence-corrected chi connectivity index (χ4v) is 2.87. The van der Waals surface area contributed by atoms with Gasteiger partial charge >= 0.3 is 0 Å². The first-order chi connectivity index (χ1) is 12.1. The second-order valence-electron chi connectivity index (χ2n) is 6.43. The molecule has 0 atom stereocenters. The number of piperidine rings is 1. The molecule has 132 valence electrons. The van der Waals surface area contributed by atoms with Crippen molar-refractivity contribution in [1.82, 2.24) is 14.9 Å². The third-order valence-corrected chi connectivity index (χ3v) is 4.04. The normalized spacial score (nSPS) is 14.4. The Morgan fingerprint density at radius 3 is 2.68 bits per heavy atom. The van der Waals surface area contributed by atoms with Crippen LogP contribution in [0.4, 0.5) is 11.5 Å². The summed E-state index contributed by atoms with van der Waals surface area (Å²) in [5.41, 5.74) is 1.23. The van der Waals surface area contributed by atoms with E-state index in [1.54, 1.807) is 6.07 Å². The first-order valence-corrected chi connectivity index (χ1v) is 8.77. The van der Waals surface area contributed by atoms with E-state index in [9.17, 15) is 4.79 Å². The van der Waals surface area contributed by atoms with Crippen molar-refractivity contribution in [3.63, 3.8) is 0 Å². The Morgan fingerprint density at radius 1 is 1.16 bits per heavy atom. The standard InChI is InChI=1S/C19H24N4O2/c1-14(2)25-17-9-5-4-8-15(17)22-18-12-16(20-13-21-18)19(24)23-10-6-3-7-11-23/h4-5,8-9,12-14H,3,6-7,10-11H2,1-2H3,(H,20,21,22). The van der Waals surface area contributed by atoms with Gasteiger partial charge in [0.2, 0.25) is 0 Å². The molecule has 0 aliphatic carbocycles. The van der Waals surface area contributed by atoms with E-state index in [0.717, 1.165) is 37.4 Å². The highest BCUT2D eigenvalue weighted by molar-refractivity contribution is 5.93. The van der Waals surface area contributed by atoms with E-state index in [1.807, 2.05) is 43.0 Å². The lowest BCUT2D eigenvalue weighted by atomic mass is 10.1. The van der Waals surface area contributed by atoms with Crippen LogP contribution in [0.1, 0.15) is 43.6 Å². The Labute approximate surface area is 148 Å². The van der Waals surface area contributed by atoms with Crippen LogP contribution in [-0.2, 0) is 0 Å². The highest BCUT2D eigenvalue weighted by Gasteiger charge is 2.19. The third kappa shape index (κ3) is 4.47. The lowest BCUT2D eigenvalue weighted by Crippen LogP contribution is -2.36. The van der Waals surface area contributed by atoms with E-state index in [2.05, 4.69) is 15.3 Å². The van der Waals surface area contributed by atoms with Gasteiger partial charge in [-0.3, -0.25) is 4.79 Å². The fraction of sp³-hybridized carbons (Fsp3) is 0.421. The molecule has 2 heterocycles. The molecule has 25 heavy (non-hydrogen) atoms. The minimum atomic E-state index is -0.0307. The molecule has 6 nitrogen and oxygen atoms in total. The number of hydrogen-bond acceptors (Lipinski definition) is 5. The first kappa shape index (κ1) is 17.2. The predicted molar refractivity (Wildman–Crippen MR) is 97.3 cm³/mol. The van der Waals surface area contributed by atoms with E-state index >= 15 is 0 Å². The van der Waals surface area contributed by atoms with Gasteiger partial charge < -0.3 is 15.0 Å². The summed E-state index contributed by atoms with van der Waals surface area (Å²) in [6, 6.07) is 9.38. The summed E-state index contributed by atoms with van der Waals surface area (Å²) in [6.07, 6.45) is 4.80. The molecule has 1 aromatic heterocycles. The van der Waals surface area contributed by atoms with Gasteiger partial charge in [-0.1, -0.05) is 12.1 Å². The Hall–Kier alpha value is -2.63. The number of para-hydroxylation sites is 2. The maximum absolute atomic E-state index is 12.6. The minimum Gasteiger partial charge on any atom is -0.489 e. The number of nitrogens with one attached hydrogen (secondary N) is 1. The largest absolute Gasteiger partial charge is 0.489 e. The maximum atomic E-state index is 12.6. The number of nitrogens with zero attached hydrogens (tertiary/aromatic N) is 3. The zero-order valence-electron chi connectivity index (χ0n) is 14.7. The van der Waals surface area contributed by atoms with Crippen LogP contribution in [0.5, 0.6) is 5.75 Å². The van der Waals surface area contributed by atoms with Gasteiger partial charge in [0.25, 0.3) is 5.91 Å². The molecular formula is C19H24N4O2. The molecule has 1 amide bonds. The quantitative estimate of drug-likeness (QED) is 0.900. The summed E-state index contributed by atoms with van der Waals surface area (Å²) < 4.78 is 5.81. The van der Waals surface area contributed by atoms with Crippen LogP contribution in [-0.4, -0.2) is 40.0 Å². The van der Waals surface area contributed by atoms with E-state index in [4.69, 9.17) is 4.74 Å². The van der Waals surface area contributed by atoms with E-state index in [1.165, 1.54) is 12.7 Å². The van der Waals surface area contributed by atoms with Gasteiger partial charge in [0.15, 0.2) is 0 Å². The third-order valence-electron chi connectivity index (χ3n) is 4.04. The highest BCUT2D eigenvalue weighted by atomic mass is 16.5. The van der Waals surface area contributed by atoms with Gasteiger partial charge in [-0.2, -0.15) is 0 Å². The van der Waals surface area contributed by atoms with Crippen molar-refractivity contribution < 1.29 is 9.53 Å². The van der Waals surface area contributed by atoms with Crippen molar-refractivity contribution in [1.29, 1.82) is 0 Å². The van der Waals surface area contributed by atoms with Crippen LogP contribution in [0.25, 0.3) is 0 Å². The number of hydrogen-bond donors (Lipinski definition) is 1. The van der Waals surface area contributed by atoms with Crippen LogP contribution in [0.2, 0.25) is 0 Å². The molecule has 6 heteroatoms. The SMILES string of the molecule is CC(C)Oc1ccccc1Nc1cc(C(=O)N2CCCCC2)ncn1. The fourth-order valence-electron chi connectivity index (χ4n) is 2.87. The number of likely N-dealkylation sites (tertiary alicyclic amines) is 1. The molecule has 0 saturated carbocycles. The number of anilines is 2. The molecule has 1 N–H and O–H groups in total. The van der Waals surface area contributed by atoms with Crippen molar-refractivity contribution in [2.45, 2.75) is 39.2 Å². The summed E-state index contributed by atoms with van der Waals surface area (Å²) in [5, 5.41) is 3.23. The number of carbonyl (C=O) groups excluding carboxylic acids is 1. The Balaban J connectivity index is 1.77. The lowest BCUT2D eigenvalue weighted by Gasteiger charge is -2.26. The number of aromatic nitrogens is 2. The first-order valence-electron chi connectivity index (χ1n) is 8.77. The van der Waals surface area contributed by atoms with Gasteiger partial charge in [0.05, 0.1) is 11.8 Å². The summed E-state index contributed by atoms with van der Waals surface area (Å²) in [5.74, 6) is 1.30. The summed E-state index contributed by atoms with van der Waals surface area (Å²) in [7, 11) is 0. The van der Waals surface area contributed by atoms with Gasteiger partial charge in [-0.25, -0.2) is 9.97 Å². The zero-order chi connectivity index (χ0) is 17.6. The molecule has 1 aliphatic heterocycles. The molecule has 0 unspecified atom stereocenters. The Morgan fingerprint density at radius 2 is 1.92 bits per heavy atom. The Kier molecular flexibility index (Phi) is 5.48. The average Bonchev–Trinajstić information content (AvgIpc) is 2.63. The summed E-state index contributed by atoms with van der Waals surface area (Å²) >= 11 is 0. The zero-order valence-corrected chi connectivity index (χ0v) is 14.7. The lowest BCUT2D eigenvalue weighted by molar-refractivity contribution is 0.0718. The molecule has 1 aromatic carbocycles. The van der Waals surface area contributed by atoms with Crippen molar-refractivity contribution >= 4 is 17.4 Å². The smallest absolute Gasteiger partial charge is 0.272 e. The summed E-state index contributed by atoms with van der Waals surface area (Å²) in [4.78, 5) is 22.9. The summed E-state index contributed by atoms with van der Waals surface area (Å²) in [6.45, 7) is 5.57. The number of amides is 1. The van der Waals surface area contributed by atoms with Gasteiger partial charge in [-0.15, -0.1) is 0 Å². The second-order valence-corrected chi connectivity index (χ2v) is 6.43. The molecular weight excluding hydrogens is 316 g/mol. The molecule has 1 aliphatic rings. The van der Waals surface area contributed by atoms with Gasteiger partial charge in [-0.05, 0) is 45.2 Å². The molecule has 0 radical (unpaired) electrons. The monoisotopic (exact) mass is 340 g/mol. The molecule has 0 bridgehead atoms. The number of benzene rings is 1. The number of carbonyl (C=O) groups is 1. The van der Waals surface area contributed by atoms with Crippen molar-refractivity contribution in [3.8, 4) is 5.75 Å². The number of rotatable bonds is 5. The maximum Gasteiger partial charge on any atom is 0.272 e. The van der Waals surface area contributed by atoms with E-state index < -0.39 is 0 Å². The molecule has 2 aromatic rings. The van der Waals surface area contributed by atoms with Crippen LogP contribution in [0, 0.1) is 0 Å². The minimum absolute atomic E-state index is 0.0307. The number of ether oxygens (including phenoxy) is 1. The highest BCUT2D eigenvalue weighted by Crippen LogP contribution is 2.27. The molecule has 1 saturated heterocycles. The van der Waals surface area contributed by atoms with E-state index in [-0.39, 0.29) is 12.0 Å². The topological polar surface area (TPSA) is 67.3 Å². The van der Waals surface area contributed by atoms with Crippen molar-refractivity contribution in [2.75, 3.05) is 18.4 Å². The van der Waals surface area contributed by atoms with Crippen LogP contribution < -0.4 is 10.1 Å². The van der Waals surface area contributed by atoms with Crippen LogP contribution in [0.15, 0.2) is 36.7 Å². The van der Waals surface area contributed by atoms with Crippen LogP contribution in [0.3, 0.4) is 0 Å². The van der Waals surface area contributed by atoms with Crippen molar-refractivity contribution in [2.24, 2.45) is 0 Å². The van der Waals surface area contributed by atoms with Crippen LogP contribution >= 0.6 is 0 Å². The molecule has 1 fully saturated rings. The predicted octanol–water partition coefficient (Wildman–Crippen LogP) is 3.63. The second kappa shape index (κ2) is 7.96. The van der Waals surface area contributed by atoms with Crippen molar-refractivity contribution in [3.05, 3.63) is 42.4 Å². The van der Waals surface area contributed by atoms with Gasteiger partial charge in [0, 0.05) is 19.2 Å². The molecule has 0 spiro atoms. The average molecular weight is 340 g/mol. The van der Waals surface area contributed by atoms with Gasteiger partial charge in [0.1, 0.15) is 23.6 Å².